The van der Waals surface area contributed by atoms with E-state index >= 15 is 0 Å². The summed E-state index contributed by atoms with van der Waals surface area (Å²) in [4.78, 5) is 0. The lowest BCUT2D eigenvalue weighted by Crippen LogP contribution is -2.61. The first kappa shape index (κ1) is 40.4. The maximum atomic E-state index is 10.5. The molecule has 0 spiro atoms. The molecule has 0 aromatic rings. The van der Waals surface area contributed by atoms with E-state index in [1.807, 2.05) is 26.0 Å². The first-order chi connectivity index (χ1) is 23.0. The molecule has 16 atom stereocenters. The molecule has 0 bridgehead atoms. The van der Waals surface area contributed by atoms with Crippen molar-refractivity contribution < 1.29 is 79.5 Å². The predicted molar refractivity (Wildman–Crippen MR) is 168 cm³/mol. The second-order valence-corrected chi connectivity index (χ2v) is 14.1. The molecule has 4 rings (SSSR count). The highest BCUT2D eigenvalue weighted by Gasteiger charge is 2.48. The summed E-state index contributed by atoms with van der Waals surface area (Å²) in [5, 5.41) is 101. The van der Waals surface area contributed by atoms with Gasteiger partial charge in [0.2, 0.25) is 0 Å². The minimum Gasteiger partial charge on any atom is -0.394 e. The highest BCUT2D eigenvalue weighted by Crippen LogP contribution is 2.43. The Hall–Kier alpha value is -1.42. The van der Waals surface area contributed by atoms with Crippen LogP contribution in [0.5, 0.6) is 0 Å². The molecule has 1 aliphatic carbocycles. The van der Waals surface area contributed by atoms with Gasteiger partial charge in [-0.1, -0.05) is 43.2 Å². The Morgan fingerprint density at radius 1 is 0.755 bits per heavy atom. The van der Waals surface area contributed by atoms with E-state index in [0.29, 0.717) is 12.8 Å². The molecule has 3 saturated heterocycles. The van der Waals surface area contributed by atoms with Crippen LogP contribution in [0.4, 0.5) is 0 Å². The quantitative estimate of drug-likeness (QED) is 0.0995. The van der Waals surface area contributed by atoms with Crippen LogP contribution in [-0.2, 0) is 28.4 Å². The molecule has 16 nitrogen and oxygen atoms in total. The molecule has 0 aromatic carbocycles. The van der Waals surface area contributed by atoms with E-state index in [1.165, 1.54) is 6.92 Å². The number of aliphatic hydroxyl groups is 10. The lowest BCUT2D eigenvalue weighted by atomic mass is 9.71. The largest absolute Gasteiger partial charge is 0.394 e. The van der Waals surface area contributed by atoms with Gasteiger partial charge in [-0.05, 0) is 44.6 Å². The third kappa shape index (κ3) is 9.34. The Morgan fingerprint density at radius 2 is 1.31 bits per heavy atom. The van der Waals surface area contributed by atoms with Crippen LogP contribution in [0.15, 0.2) is 34.9 Å². The van der Waals surface area contributed by atoms with Crippen molar-refractivity contribution in [3.05, 3.63) is 34.9 Å². The summed E-state index contributed by atoms with van der Waals surface area (Å²) in [7, 11) is 0. The van der Waals surface area contributed by atoms with Crippen LogP contribution in [0.2, 0.25) is 0 Å². The molecule has 10 N–H and O–H groups in total. The maximum Gasteiger partial charge on any atom is 0.187 e. The van der Waals surface area contributed by atoms with Crippen LogP contribution in [0.3, 0.4) is 0 Å². The molecule has 3 heterocycles. The van der Waals surface area contributed by atoms with E-state index in [4.69, 9.17) is 28.4 Å². The van der Waals surface area contributed by atoms with Crippen molar-refractivity contribution >= 4 is 0 Å². The van der Waals surface area contributed by atoms with Crippen molar-refractivity contribution in [3.63, 3.8) is 0 Å². The third-order valence-corrected chi connectivity index (χ3v) is 9.72. The summed E-state index contributed by atoms with van der Waals surface area (Å²) in [6.45, 7) is 8.48. The molecule has 49 heavy (non-hydrogen) atoms. The fourth-order valence-electron chi connectivity index (χ4n) is 6.70. The number of rotatable bonds is 11. The van der Waals surface area contributed by atoms with Crippen LogP contribution >= 0.6 is 0 Å². The molecule has 4 aliphatic rings. The SMILES string of the molecule is CC(C=CC1=C(C)CC(OC2OC(CO)C(O)C(O)C2O)CC1(C)C)=CCOC1OC(COC2OC(C)C(O)C(O)C2O)C(O)C(O)C1O. The molecular formula is C33H54O16. The minimum absolute atomic E-state index is 0.0171. The highest BCUT2D eigenvalue weighted by molar-refractivity contribution is 5.36. The van der Waals surface area contributed by atoms with Crippen molar-refractivity contribution in [2.24, 2.45) is 5.41 Å². The lowest BCUT2D eigenvalue weighted by Gasteiger charge is -2.43. The summed E-state index contributed by atoms with van der Waals surface area (Å²) in [6, 6.07) is 0. The Bertz CT molecular complexity index is 1170. The van der Waals surface area contributed by atoms with Crippen LogP contribution in [0.1, 0.15) is 47.5 Å². The third-order valence-electron chi connectivity index (χ3n) is 9.72. The predicted octanol–water partition coefficient (Wildman–Crippen LogP) is -2.52. The van der Waals surface area contributed by atoms with Crippen molar-refractivity contribution in [2.45, 2.75) is 146 Å². The Balaban J connectivity index is 1.31. The summed E-state index contributed by atoms with van der Waals surface area (Å²) < 4.78 is 33.8. The molecule has 0 amide bonds. The number of ether oxygens (including phenoxy) is 6. The van der Waals surface area contributed by atoms with Crippen LogP contribution in [0.25, 0.3) is 0 Å². The monoisotopic (exact) mass is 706 g/mol. The molecular weight excluding hydrogens is 652 g/mol. The second-order valence-electron chi connectivity index (χ2n) is 14.1. The van der Waals surface area contributed by atoms with Gasteiger partial charge in [0.15, 0.2) is 18.9 Å². The summed E-state index contributed by atoms with van der Waals surface area (Å²) in [5.74, 6) is 0. The van der Waals surface area contributed by atoms with Gasteiger partial charge in [0.1, 0.15) is 67.1 Å². The van der Waals surface area contributed by atoms with Gasteiger partial charge < -0.3 is 79.5 Å². The Labute approximate surface area is 285 Å². The van der Waals surface area contributed by atoms with Crippen LogP contribution in [-0.4, -0.2) is 169 Å². The molecule has 3 aliphatic heterocycles. The normalized spacial score (nSPS) is 45.2. The van der Waals surface area contributed by atoms with Crippen LogP contribution in [0, 0.1) is 5.41 Å². The van der Waals surface area contributed by atoms with E-state index in [1.54, 1.807) is 6.08 Å². The first-order valence-electron chi connectivity index (χ1n) is 16.6. The van der Waals surface area contributed by atoms with E-state index < -0.39 is 105 Å². The zero-order valence-corrected chi connectivity index (χ0v) is 28.4. The van der Waals surface area contributed by atoms with Crippen molar-refractivity contribution in [2.75, 3.05) is 19.8 Å². The molecule has 0 aromatic heterocycles. The number of aliphatic hydroxyl groups excluding tert-OH is 10. The number of hydrogen-bond donors (Lipinski definition) is 10. The van der Waals surface area contributed by atoms with Gasteiger partial charge in [-0.25, -0.2) is 0 Å². The number of allylic oxidation sites excluding steroid dienone is 4. The summed E-state index contributed by atoms with van der Waals surface area (Å²) in [6.07, 6.45) is -14.2. The fraction of sp³-hybridized carbons (Fsp3) is 0.818. The van der Waals surface area contributed by atoms with Crippen molar-refractivity contribution in [3.8, 4) is 0 Å². The zero-order chi connectivity index (χ0) is 36.4. The van der Waals surface area contributed by atoms with Gasteiger partial charge in [-0.2, -0.15) is 0 Å². The van der Waals surface area contributed by atoms with E-state index in [0.717, 1.165) is 16.7 Å². The molecule has 0 saturated carbocycles. The molecule has 16 unspecified atom stereocenters. The van der Waals surface area contributed by atoms with Gasteiger partial charge in [0, 0.05) is 0 Å². The zero-order valence-electron chi connectivity index (χ0n) is 28.4. The highest BCUT2D eigenvalue weighted by atomic mass is 16.7. The van der Waals surface area contributed by atoms with Gasteiger partial charge >= 0.3 is 0 Å². The van der Waals surface area contributed by atoms with Gasteiger partial charge in [0.25, 0.3) is 0 Å². The smallest absolute Gasteiger partial charge is 0.187 e. The van der Waals surface area contributed by atoms with Gasteiger partial charge in [-0.15, -0.1) is 0 Å². The fourth-order valence-corrected chi connectivity index (χ4v) is 6.70. The molecule has 282 valence electrons. The lowest BCUT2D eigenvalue weighted by molar-refractivity contribution is -0.326. The molecule has 3 fully saturated rings. The first-order valence-corrected chi connectivity index (χ1v) is 16.6. The Kier molecular flexibility index (Phi) is 14.0. The average molecular weight is 707 g/mol. The van der Waals surface area contributed by atoms with Gasteiger partial charge in [-0.3, -0.25) is 0 Å². The van der Waals surface area contributed by atoms with E-state index in [-0.39, 0.29) is 18.1 Å². The standard InChI is InChI=1S/C33H54O16/c1-14(6-7-18-15(2)10-17(11-33(18,4)5)47-32-29(43)25(39)22(36)19(12-34)48-32)8-9-44-30-28(42)26(40)23(37)20(49-30)13-45-31-27(41)24(38)21(35)16(3)46-31/h6-8,16-17,19-32,34-43H,9-13H2,1-5H3. The van der Waals surface area contributed by atoms with E-state index in [9.17, 15) is 51.1 Å². The molecule has 16 heteroatoms. The Morgan fingerprint density at radius 3 is 1.92 bits per heavy atom. The molecule has 0 radical (unpaired) electrons. The number of hydrogen-bond acceptors (Lipinski definition) is 16. The van der Waals surface area contributed by atoms with Gasteiger partial charge in [0.05, 0.1) is 32.0 Å². The second kappa shape index (κ2) is 16.9. The average Bonchev–Trinajstić information content (AvgIpc) is 3.04. The van der Waals surface area contributed by atoms with E-state index in [2.05, 4.69) is 13.8 Å². The van der Waals surface area contributed by atoms with Crippen LogP contribution < -0.4 is 0 Å². The van der Waals surface area contributed by atoms with Crippen molar-refractivity contribution in [1.29, 1.82) is 0 Å². The topological polar surface area (TPSA) is 258 Å². The van der Waals surface area contributed by atoms with Crippen molar-refractivity contribution in [1.82, 2.24) is 0 Å². The summed E-state index contributed by atoms with van der Waals surface area (Å²) in [5.41, 5.74) is 2.58. The minimum atomic E-state index is -1.63. The summed E-state index contributed by atoms with van der Waals surface area (Å²) >= 11 is 0. The maximum absolute atomic E-state index is 10.5.